The third kappa shape index (κ3) is 4.83. The highest BCUT2D eigenvalue weighted by Gasteiger charge is 2.42. The highest BCUT2D eigenvalue weighted by Crippen LogP contribution is 2.43. The third-order valence-electron chi connectivity index (χ3n) is 6.99. The molecule has 1 saturated heterocycles. The Bertz CT molecular complexity index is 948. The van der Waals surface area contributed by atoms with Gasteiger partial charge in [0.25, 0.3) is 0 Å². The average molecular weight is 449 g/mol. The molecule has 180 valence electrons. The quantitative estimate of drug-likeness (QED) is 0.447. The normalized spacial score (nSPS) is 16.6. The summed E-state index contributed by atoms with van der Waals surface area (Å²) in [5.41, 5.74) is 7.22. The fourth-order valence-corrected chi connectivity index (χ4v) is 5.22. The van der Waals surface area contributed by atoms with Gasteiger partial charge in [0.1, 0.15) is 0 Å². The standard InChI is InChI=1S/C30H44N2O/c1-19(2)23-13-11-14-24(20(3)4)27(23)31-17-30(9,10)29(33)32(18-31)28-25(21(5)6)15-12-16-26(28)22(7)8/h11-16,19-22H,17-18H2,1-10H3. The molecule has 1 amide bonds. The summed E-state index contributed by atoms with van der Waals surface area (Å²) < 4.78 is 0. The van der Waals surface area contributed by atoms with Gasteiger partial charge in [-0.1, -0.05) is 91.8 Å². The first-order valence-corrected chi connectivity index (χ1v) is 12.7. The molecule has 0 aromatic heterocycles. The van der Waals surface area contributed by atoms with Gasteiger partial charge in [-0.2, -0.15) is 0 Å². The van der Waals surface area contributed by atoms with Gasteiger partial charge in [-0.3, -0.25) is 9.69 Å². The predicted octanol–water partition coefficient (Wildman–Crippen LogP) is 8.02. The molecule has 3 rings (SSSR count). The van der Waals surface area contributed by atoms with Crippen LogP contribution in [0.2, 0.25) is 0 Å². The number of amides is 1. The average Bonchev–Trinajstić information content (AvgIpc) is 2.74. The lowest BCUT2D eigenvalue weighted by atomic mass is 9.84. The summed E-state index contributed by atoms with van der Waals surface area (Å²) in [5, 5.41) is 0. The molecule has 1 heterocycles. The lowest BCUT2D eigenvalue weighted by Crippen LogP contribution is -2.58. The maximum atomic E-state index is 13.9. The number of benzene rings is 2. The Labute approximate surface area is 202 Å². The van der Waals surface area contributed by atoms with Crippen LogP contribution in [-0.2, 0) is 4.79 Å². The Morgan fingerprint density at radius 1 is 0.667 bits per heavy atom. The van der Waals surface area contributed by atoms with E-state index in [2.05, 4.69) is 115 Å². The molecule has 0 spiro atoms. The first kappa shape index (κ1) is 25.3. The van der Waals surface area contributed by atoms with Crippen LogP contribution in [0.1, 0.15) is 115 Å². The molecule has 3 nitrogen and oxygen atoms in total. The predicted molar refractivity (Wildman–Crippen MR) is 143 cm³/mol. The van der Waals surface area contributed by atoms with E-state index in [-0.39, 0.29) is 5.91 Å². The SMILES string of the molecule is CC(C)c1cccc(C(C)C)c1N1CN(c2c(C(C)C)cccc2C(C)C)C(=O)C(C)(C)C1. The van der Waals surface area contributed by atoms with Gasteiger partial charge in [0.15, 0.2) is 0 Å². The second kappa shape index (κ2) is 9.52. The minimum atomic E-state index is -0.477. The zero-order valence-electron chi connectivity index (χ0n) is 22.5. The second-order valence-corrected chi connectivity index (χ2v) is 11.6. The van der Waals surface area contributed by atoms with E-state index in [0.717, 1.165) is 12.2 Å². The van der Waals surface area contributed by atoms with Gasteiger partial charge < -0.3 is 4.90 Å². The Morgan fingerprint density at radius 2 is 1.03 bits per heavy atom. The molecule has 1 aliphatic heterocycles. The van der Waals surface area contributed by atoms with Crippen molar-refractivity contribution in [3.63, 3.8) is 0 Å². The van der Waals surface area contributed by atoms with Crippen LogP contribution in [0.25, 0.3) is 0 Å². The van der Waals surface area contributed by atoms with Crippen molar-refractivity contribution in [2.75, 3.05) is 23.0 Å². The highest BCUT2D eigenvalue weighted by atomic mass is 16.2. The first-order chi connectivity index (χ1) is 15.4. The molecule has 2 aromatic rings. The van der Waals surface area contributed by atoms with Crippen molar-refractivity contribution in [1.29, 1.82) is 0 Å². The summed E-state index contributed by atoms with van der Waals surface area (Å²) in [6.07, 6.45) is 0. The van der Waals surface area contributed by atoms with Gasteiger partial charge >= 0.3 is 0 Å². The molecule has 2 aromatic carbocycles. The van der Waals surface area contributed by atoms with Crippen LogP contribution in [0.3, 0.4) is 0 Å². The second-order valence-electron chi connectivity index (χ2n) is 11.6. The summed E-state index contributed by atoms with van der Waals surface area (Å²) in [6.45, 7) is 23.5. The van der Waals surface area contributed by atoms with Crippen molar-refractivity contribution >= 4 is 17.3 Å². The van der Waals surface area contributed by atoms with Crippen molar-refractivity contribution in [1.82, 2.24) is 0 Å². The zero-order chi connectivity index (χ0) is 24.7. The van der Waals surface area contributed by atoms with E-state index in [4.69, 9.17) is 0 Å². The first-order valence-electron chi connectivity index (χ1n) is 12.7. The number of hydrogen-bond acceptors (Lipinski definition) is 2. The molecule has 3 heteroatoms. The topological polar surface area (TPSA) is 23.6 Å². The molecule has 1 fully saturated rings. The lowest BCUT2D eigenvalue weighted by molar-refractivity contribution is -0.127. The Morgan fingerprint density at radius 3 is 1.39 bits per heavy atom. The number of nitrogens with zero attached hydrogens (tertiary/aromatic N) is 2. The number of carbonyl (C=O) groups excluding carboxylic acids is 1. The van der Waals surface area contributed by atoms with Crippen molar-refractivity contribution in [3.8, 4) is 0 Å². The number of rotatable bonds is 6. The minimum Gasteiger partial charge on any atom is -0.352 e. The van der Waals surface area contributed by atoms with E-state index < -0.39 is 5.41 Å². The molecule has 0 saturated carbocycles. The number of hydrogen-bond donors (Lipinski definition) is 0. The molecule has 0 unspecified atom stereocenters. The monoisotopic (exact) mass is 448 g/mol. The Hall–Kier alpha value is -2.29. The molecule has 33 heavy (non-hydrogen) atoms. The lowest BCUT2D eigenvalue weighted by Gasteiger charge is -2.47. The highest BCUT2D eigenvalue weighted by molar-refractivity contribution is 6.00. The van der Waals surface area contributed by atoms with Gasteiger partial charge in [-0.15, -0.1) is 0 Å². The maximum absolute atomic E-state index is 13.9. The van der Waals surface area contributed by atoms with Crippen molar-refractivity contribution in [2.45, 2.75) is 92.9 Å². The van der Waals surface area contributed by atoms with E-state index in [0.29, 0.717) is 30.3 Å². The summed E-state index contributed by atoms with van der Waals surface area (Å²) in [7, 11) is 0. The van der Waals surface area contributed by atoms with E-state index >= 15 is 0 Å². The molecule has 0 bridgehead atoms. The van der Waals surface area contributed by atoms with Crippen LogP contribution in [0.15, 0.2) is 36.4 Å². The third-order valence-corrected chi connectivity index (χ3v) is 6.99. The van der Waals surface area contributed by atoms with E-state index in [9.17, 15) is 4.79 Å². The summed E-state index contributed by atoms with van der Waals surface area (Å²) in [6, 6.07) is 13.3. The van der Waals surface area contributed by atoms with Gasteiger partial charge in [0, 0.05) is 12.2 Å². The smallest absolute Gasteiger partial charge is 0.235 e. The fraction of sp³-hybridized carbons (Fsp3) is 0.567. The molecule has 0 N–H and O–H groups in total. The fourth-order valence-electron chi connectivity index (χ4n) is 5.22. The van der Waals surface area contributed by atoms with E-state index in [1.165, 1.54) is 27.9 Å². The van der Waals surface area contributed by atoms with Gasteiger partial charge in [0.05, 0.1) is 17.8 Å². The molecule has 0 atom stereocenters. The van der Waals surface area contributed by atoms with Crippen LogP contribution < -0.4 is 9.80 Å². The summed E-state index contributed by atoms with van der Waals surface area (Å²) >= 11 is 0. The van der Waals surface area contributed by atoms with E-state index in [1.54, 1.807) is 0 Å². The van der Waals surface area contributed by atoms with Crippen LogP contribution in [-0.4, -0.2) is 19.1 Å². The molecule has 0 radical (unpaired) electrons. The number of para-hydroxylation sites is 2. The van der Waals surface area contributed by atoms with Gasteiger partial charge in [-0.25, -0.2) is 0 Å². The van der Waals surface area contributed by atoms with Crippen LogP contribution in [0.5, 0.6) is 0 Å². The molecule has 1 aliphatic rings. The minimum absolute atomic E-state index is 0.224. The van der Waals surface area contributed by atoms with Crippen molar-refractivity contribution in [3.05, 3.63) is 58.7 Å². The van der Waals surface area contributed by atoms with Gasteiger partial charge in [0.2, 0.25) is 5.91 Å². The zero-order valence-corrected chi connectivity index (χ0v) is 22.5. The van der Waals surface area contributed by atoms with E-state index in [1.807, 2.05) is 0 Å². The Balaban J connectivity index is 2.24. The van der Waals surface area contributed by atoms with Crippen LogP contribution in [0, 0.1) is 5.41 Å². The van der Waals surface area contributed by atoms with Crippen LogP contribution >= 0.6 is 0 Å². The molecule has 0 aliphatic carbocycles. The van der Waals surface area contributed by atoms with Crippen molar-refractivity contribution in [2.24, 2.45) is 5.41 Å². The Kier molecular flexibility index (Phi) is 7.31. The molecular formula is C30H44N2O. The summed E-state index contributed by atoms with van der Waals surface area (Å²) in [4.78, 5) is 18.5. The number of anilines is 2. The van der Waals surface area contributed by atoms with Crippen molar-refractivity contribution < 1.29 is 4.79 Å². The van der Waals surface area contributed by atoms with Crippen LogP contribution in [0.4, 0.5) is 11.4 Å². The molecular weight excluding hydrogens is 404 g/mol. The largest absolute Gasteiger partial charge is 0.352 e. The van der Waals surface area contributed by atoms with Gasteiger partial charge in [-0.05, 0) is 59.8 Å². The number of carbonyl (C=O) groups is 1. The summed E-state index contributed by atoms with van der Waals surface area (Å²) in [5.74, 6) is 1.75. The maximum Gasteiger partial charge on any atom is 0.235 e.